The number of furan rings is 1. The maximum Gasteiger partial charge on any atom is 0.289 e. The maximum atomic E-state index is 13.4. The number of piperazine rings is 1. The number of amides is 3. The summed E-state index contributed by atoms with van der Waals surface area (Å²) in [5.74, 6) is 0.431. The topological polar surface area (TPSA) is 86.1 Å². The predicted octanol–water partition coefficient (Wildman–Crippen LogP) is 3.46. The van der Waals surface area contributed by atoms with Gasteiger partial charge in [-0.15, -0.1) is 0 Å². The molecule has 33 heavy (non-hydrogen) atoms. The third-order valence-electron chi connectivity index (χ3n) is 6.14. The number of benzene rings is 1. The van der Waals surface area contributed by atoms with Gasteiger partial charge in [0.25, 0.3) is 11.8 Å². The van der Waals surface area contributed by atoms with Crippen molar-refractivity contribution in [2.24, 2.45) is 5.92 Å². The van der Waals surface area contributed by atoms with Crippen molar-refractivity contribution in [3.8, 4) is 0 Å². The molecule has 8 heteroatoms. The number of rotatable bonds is 6. The molecule has 8 nitrogen and oxygen atoms in total. The van der Waals surface area contributed by atoms with E-state index in [9.17, 15) is 14.4 Å². The van der Waals surface area contributed by atoms with Gasteiger partial charge in [0, 0.05) is 57.1 Å². The Balaban J connectivity index is 1.52. The summed E-state index contributed by atoms with van der Waals surface area (Å²) in [5, 5.41) is 2.94. The van der Waals surface area contributed by atoms with Crippen LogP contribution in [-0.2, 0) is 4.79 Å². The lowest BCUT2D eigenvalue weighted by atomic mass is 10.1. The lowest BCUT2D eigenvalue weighted by Crippen LogP contribution is -2.49. The summed E-state index contributed by atoms with van der Waals surface area (Å²) in [6, 6.07) is 8.96. The highest BCUT2D eigenvalue weighted by molar-refractivity contribution is 6.02. The Labute approximate surface area is 194 Å². The van der Waals surface area contributed by atoms with Crippen LogP contribution in [0.1, 0.15) is 54.0 Å². The molecule has 1 N–H and O–H groups in total. The molecule has 0 bridgehead atoms. The summed E-state index contributed by atoms with van der Waals surface area (Å²) in [4.78, 5) is 44.0. The van der Waals surface area contributed by atoms with Crippen molar-refractivity contribution in [3.05, 3.63) is 47.9 Å². The smallest absolute Gasteiger partial charge is 0.289 e. The van der Waals surface area contributed by atoms with Crippen LogP contribution in [0, 0.1) is 5.92 Å². The van der Waals surface area contributed by atoms with E-state index in [1.165, 1.54) is 6.26 Å². The number of nitrogens with zero attached hydrogens (tertiary/aromatic N) is 3. The average molecular weight is 453 g/mol. The monoisotopic (exact) mass is 452 g/mol. The standard InChI is InChI=1S/C25H32N4O4/c1-18(2)16-23(30)26-19-7-8-21(20(17-19)24(31)28-9-3-4-10-28)27-11-13-29(14-12-27)25(32)22-6-5-15-33-22/h5-8,15,17-18H,3-4,9-14,16H2,1-2H3,(H,26,30). The van der Waals surface area contributed by atoms with Gasteiger partial charge in [-0.3, -0.25) is 14.4 Å². The van der Waals surface area contributed by atoms with Crippen LogP contribution in [0.2, 0.25) is 0 Å². The Bertz CT molecular complexity index is 988. The molecule has 0 radical (unpaired) electrons. The quantitative estimate of drug-likeness (QED) is 0.725. The van der Waals surface area contributed by atoms with Crippen molar-refractivity contribution in [2.75, 3.05) is 49.5 Å². The molecular weight excluding hydrogens is 420 g/mol. The van der Waals surface area contributed by atoms with Gasteiger partial charge >= 0.3 is 0 Å². The average Bonchev–Trinajstić information content (AvgIpc) is 3.52. The van der Waals surface area contributed by atoms with Gasteiger partial charge in [0.15, 0.2) is 5.76 Å². The third kappa shape index (κ3) is 5.38. The second-order valence-electron chi connectivity index (χ2n) is 9.13. The number of hydrogen-bond acceptors (Lipinski definition) is 5. The van der Waals surface area contributed by atoms with Crippen molar-refractivity contribution >= 4 is 29.1 Å². The van der Waals surface area contributed by atoms with E-state index in [0.717, 1.165) is 31.6 Å². The van der Waals surface area contributed by atoms with Gasteiger partial charge in [-0.25, -0.2) is 0 Å². The van der Waals surface area contributed by atoms with Gasteiger partial charge in [-0.2, -0.15) is 0 Å². The van der Waals surface area contributed by atoms with E-state index in [0.29, 0.717) is 49.6 Å². The molecule has 176 valence electrons. The molecule has 2 fully saturated rings. The molecule has 0 saturated carbocycles. The fraction of sp³-hybridized carbons (Fsp3) is 0.480. The molecule has 2 aromatic rings. The van der Waals surface area contributed by atoms with Gasteiger partial charge in [0.1, 0.15) is 0 Å². The predicted molar refractivity (Wildman–Crippen MR) is 126 cm³/mol. The van der Waals surface area contributed by atoms with E-state index in [-0.39, 0.29) is 23.6 Å². The van der Waals surface area contributed by atoms with E-state index < -0.39 is 0 Å². The van der Waals surface area contributed by atoms with E-state index in [1.54, 1.807) is 23.1 Å². The van der Waals surface area contributed by atoms with Crippen molar-refractivity contribution in [1.29, 1.82) is 0 Å². The molecule has 1 aromatic heterocycles. The molecule has 0 unspecified atom stereocenters. The second kappa shape index (κ2) is 10.1. The molecule has 2 saturated heterocycles. The zero-order chi connectivity index (χ0) is 23.4. The van der Waals surface area contributed by atoms with Gasteiger partial charge in [0.05, 0.1) is 11.8 Å². The molecule has 2 aliphatic rings. The minimum absolute atomic E-state index is 0.00319. The van der Waals surface area contributed by atoms with E-state index >= 15 is 0 Å². The summed E-state index contributed by atoms with van der Waals surface area (Å²) in [6.45, 7) is 7.84. The Morgan fingerprint density at radius 2 is 1.64 bits per heavy atom. The largest absolute Gasteiger partial charge is 0.459 e. The van der Waals surface area contributed by atoms with Crippen LogP contribution in [-0.4, -0.2) is 66.8 Å². The second-order valence-corrected chi connectivity index (χ2v) is 9.13. The highest BCUT2D eigenvalue weighted by atomic mass is 16.3. The number of hydrogen-bond donors (Lipinski definition) is 1. The van der Waals surface area contributed by atoms with Crippen molar-refractivity contribution < 1.29 is 18.8 Å². The molecule has 3 amide bonds. The minimum atomic E-state index is -0.115. The van der Waals surface area contributed by atoms with E-state index in [4.69, 9.17) is 4.42 Å². The fourth-order valence-electron chi connectivity index (χ4n) is 4.44. The zero-order valence-corrected chi connectivity index (χ0v) is 19.4. The first-order valence-electron chi connectivity index (χ1n) is 11.7. The summed E-state index contributed by atoms with van der Waals surface area (Å²) in [5.41, 5.74) is 2.09. The highest BCUT2D eigenvalue weighted by Crippen LogP contribution is 2.28. The van der Waals surface area contributed by atoms with Crippen molar-refractivity contribution in [3.63, 3.8) is 0 Å². The Hall–Kier alpha value is -3.29. The lowest BCUT2D eigenvalue weighted by Gasteiger charge is -2.37. The van der Waals surface area contributed by atoms with Crippen LogP contribution >= 0.6 is 0 Å². The summed E-state index contributed by atoms with van der Waals surface area (Å²) in [6.07, 6.45) is 3.96. The summed E-state index contributed by atoms with van der Waals surface area (Å²) in [7, 11) is 0. The first kappa shape index (κ1) is 22.9. The molecule has 0 aliphatic carbocycles. The van der Waals surface area contributed by atoms with Gasteiger partial charge in [-0.1, -0.05) is 13.8 Å². The van der Waals surface area contributed by atoms with Gasteiger partial charge < -0.3 is 24.4 Å². The van der Waals surface area contributed by atoms with Crippen molar-refractivity contribution in [1.82, 2.24) is 9.80 Å². The number of carbonyl (C=O) groups is 3. The number of anilines is 2. The van der Waals surface area contributed by atoms with Gasteiger partial charge in [0.2, 0.25) is 5.91 Å². The molecule has 2 aliphatic heterocycles. The molecule has 0 atom stereocenters. The van der Waals surface area contributed by atoms with Crippen LogP contribution in [0.15, 0.2) is 41.0 Å². The minimum Gasteiger partial charge on any atom is -0.459 e. The first-order valence-corrected chi connectivity index (χ1v) is 11.7. The van der Waals surface area contributed by atoms with Gasteiger partial charge in [-0.05, 0) is 49.1 Å². The van der Waals surface area contributed by atoms with E-state index in [1.807, 2.05) is 30.9 Å². The Kier molecular flexibility index (Phi) is 7.01. The molecule has 4 rings (SSSR count). The van der Waals surface area contributed by atoms with Crippen LogP contribution in [0.5, 0.6) is 0 Å². The molecule has 1 aromatic carbocycles. The third-order valence-corrected chi connectivity index (χ3v) is 6.14. The molecule has 3 heterocycles. The normalized spacial score (nSPS) is 16.4. The molecular formula is C25H32N4O4. The maximum absolute atomic E-state index is 13.4. The van der Waals surface area contributed by atoms with Crippen LogP contribution in [0.25, 0.3) is 0 Å². The summed E-state index contributed by atoms with van der Waals surface area (Å²) < 4.78 is 5.25. The number of nitrogens with one attached hydrogen (secondary N) is 1. The van der Waals surface area contributed by atoms with Crippen molar-refractivity contribution in [2.45, 2.75) is 33.1 Å². The number of likely N-dealkylation sites (tertiary alicyclic amines) is 1. The van der Waals surface area contributed by atoms with Crippen LogP contribution in [0.3, 0.4) is 0 Å². The first-order chi connectivity index (χ1) is 15.9. The Morgan fingerprint density at radius 3 is 2.27 bits per heavy atom. The summed E-state index contributed by atoms with van der Waals surface area (Å²) >= 11 is 0. The number of carbonyl (C=O) groups excluding carboxylic acids is 3. The zero-order valence-electron chi connectivity index (χ0n) is 19.4. The fourth-order valence-corrected chi connectivity index (χ4v) is 4.44. The Morgan fingerprint density at radius 1 is 0.939 bits per heavy atom. The van der Waals surface area contributed by atoms with Crippen LogP contribution in [0.4, 0.5) is 11.4 Å². The SMILES string of the molecule is CC(C)CC(=O)Nc1ccc(N2CCN(C(=O)c3ccco3)CC2)c(C(=O)N2CCCC2)c1. The molecule has 0 spiro atoms. The van der Waals surface area contributed by atoms with E-state index in [2.05, 4.69) is 10.2 Å². The van der Waals surface area contributed by atoms with Crippen LogP contribution < -0.4 is 10.2 Å². The highest BCUT2D eigenvalue weighted by Gasteiger charge is 2.28. The lowest BCUT2D eigenvalue weighted by molar-refractivity contribution is -0.116.